The fraction of sp³-hybridized carbons (Fsp3) is 0.222. The van der Waals surface area contributed by atoms with Crippen LogP contribution in [0.25, 0.3) is 0 Å². The van der Waals surface area contributed by atoms with Crippen molar-refractivity contribution in [3.63, 3.8) is 0 Å². The zero-order valence-electron chi connectivity index (χ0n) is 20.1. The van der Waals surface area contributed by atoms with E-state index in [1.165, 1.54) is 47.4 Å². The molecule has 1 aliphatic rings. The van der Waals surface area contributed by atoms with E-state index in [9.17, 15) is 34.8 Å². The predicted molar refractivity (Wildman–Crippen MR) is 134 cm³/mol. The van der Waals surface area contributed by atoms with Crippen LogP contribution in [0.5, 0.6) is 23.0 Å². The third-order valence-corrected chi connectivity index (χ3v) is 6.65. The summed E-state index contributed by atoms with van der Waals surface area (Å²) in [5.41, 5.74) is 1.48. The van der Waals surface area contributed by atoms with Gasteiger partial charge in [-0.25, -0.2) is 9.59 Å². The summed E-state index contributed by atoms with van der Waals surface area (Å²) >= 11 is 6.32. The minimum Gasteiger partial charge on any atom is -0.504 e. The number of phenolic OH excluding ortho intramolecular Hbond substituents is 4. The Kier molecular flexibility index (Phi) is 7.63. The molecule has 0 aliphatic carbocycles. The Hall–Kier alpha value is -4.44. The fourth-order valence-corrected chi connectivity index (χ4v) is 4.68. The van der Waals surface area contributed by atoms with E-state index < -0.39 is 48.0 Å². The van der Waals surface area contributed by atoms with Crippen molar-refractivity contribution in [3.05, 3.63) is 81.9 Å². The Morgan fingerprint density at radius 2 is 1.63 bits per heavy atom. The second kappa shape index (κ2) is 10.9. The maximum atomic E-state index is 14.0. The molecule has 198 valence electrons. The molecule has 0 fully saturated rings. The molecule has 11 heteroatoms. The molecule has 0 radical (unpaired) electrons. The summed E-state index contributed by atoms with van der Waals surface area (Å²) in [5.74, 6) is -3.89. The molecule has 0 bridgehead atoms. The van der Waals surface area contributed by atoms with E-state index >= 15 is 0 Å². The molecule has 3 aromatic rings. The van der Waals surface area contributed by atoms with E-state index in [-0.39, 0.29) is 34.9 Å². The van der Waals surface area contributed by atoms with Gasteiger partial charge in [-0.3, -0.25) is 4.79 Å². The van der Waals surface area contributed by atoms with E-state index in [0.29, 0.717) is 16.7 Å². The standard InChI is InChI=1S/C27H24ClNO9/c1-37-25(34)13-38-27(36)20-10-15-11-23(32)24(33)12-17(15)19(8-14-6-7-21(30)22(31)9-14)29(20)26(35)16-4-2-3-5-18(16)28/h2-7,9,11-12,19-20,30-33H,8,10,13H2,1H3/t19-,20-/m0/s1. The summed E-state index contributed by atoms with van der Waals surface area (Å²) in [6, 6.07) is 10.8. The molecule has 0 saturated heterocycles. The number of aromatic hydroxyl groups is 4. The van der Waals surface area contributed by atoms with Crippen molar-refractivity contribution < 1.29 is 44.3 Å². The number of halogens is 1. The summed E-state index contributed by atoms with van der Waals surface area (Å²) in [6.07, 6.45) is -0.0707. The number of methoxy groups -OCH3 is 1. The average Bonchev–Trinajstić information content (AvgIpc) is 2.89. The first kappa shape index (κ1) is 26.6. The SMILES string of the molecule is COC(=O)COC(=O)[C@@H]1Cc2cc(O)c(O)cc2[C@H](Cc2ccc(O)c(O)c2)N1C(=O)c1ccccc1Cl. The molecule has 4 rings (SSSR count). The number of amides is 1. The molecule has 3 aromatic carbocycles. The van der Waals surface area contributed by atoms with Crippen molar-refractivity contribution in [2.45, 2.75) is 24.9 Å². The van der Waals surface area contributed by atoms with Crippen molar-refractivity contribution in [1.29, 1.82) is 0 Å². The first-order valence-electron chi connectivity index (χ1n) is 11.5. The van der Waals surface area contributed by atoms with Crippen LogP contribution in [0, 0.1) is 0 Å². The third kappa shape index (κ3) is 5.30. The molecule has 1 amide bonds. The third-order valence-electron chi connectivity index (χ3n) is 6.32. The topological polar surface area (TPSA) is 154 Å². The van der Waals surface area contributed by atoms with Crippen LogP contribution < -0.4 is 0 Å². The molecule has 4 N–H and O–H groups in total. The highest BCUT2D eigenvalue weighted by molar-refractivity contribution is 6.33. The highest BCUT2D eigenvalue weighted by Crippen LogP contribution is 2.42. The number of carbonyl (C=O) groups excluding carboxylic acids is 3. The van der Waals surface area contributed by atoms with Crippen LogP contribution in [-0.2, 0) is 31.9 Å². The molecule has 0 aromatic heterocycles. The molecular formula is C27H24ClNO9. The maximum Gasteiger partial charge on any atom is 0.344 e. The van der Waals surface area contributed by atoms with Crippen LogP contribution in [-0.4, -0.2) is 62.9 Å². The highest BCUT2D eigenvalue weighted by atomic mass is 35.5. The highest BCUT2D eigenvalue weighted by Gasteiger charge is 2.43. The molecule has 38 heavy (non-hydrogen) atoms. The number of rotatable bonds is 6. The molecule has 0 saturated carbocycles. The smallest absolute Gasteiger partial charge is 0.344 e. The second-order valence-corrected chi connectivity index (χ2v) is 9.09. The van der Waals surface area contributed by atoms with Crippen LogP contribution in [0.2, 0.25) is 5.02 Å². The number of carbonyl (C=O) groups is 3. The largest absolute Gasteiger partial charge is 0.504 e. The van der Waals surface area contributed by atoms with Gasteiger partial charge in [-0.2, -0.15) is 0 Å². The van der Waals surface area contributed by atoms with E-state index in [1.807, 2.05) is 0 Å². The molecule has 0 unspecified atom stereocenters. The second-order valence-electron chi connectivity index (χ2n) is 8.68. The van der Waals surface area contributed by atoms with Gasteiger partial charge in [0, 0.05) is 6.42 Å². The number of hydrogen-bond donors (Lipinski definition) is 4. The van der Waals surface area contributed by atoms with Gasteiger partial charge in [0.05, 0.1) is 23.7 Å². The first-order valence-corrected chi connectivity index (χ1v) is 11.8. The zero-order valence-corrected chi connectivity index (χ0v) is 20.9. The Bertz CT molecular complexity index is 1410. The van der Waals surface area contributed by atoms with Gasteiger partial charge in [0.25, 0.3) is 5.91 Å². The van der Waals surface area contributed by atoms with Gasteiger partial charge in [-0.15, -0.1) is 0 Å². The first-order chi connectivity index (χ1) is 18.1. The average molecular weight is 542 g/mol. The summed E-state index contributed by atoms with van der Waals surface area (Å²) in [6.45, 7) is -0.676. The van der Waals surface area contributed by atoms with E-state index in [2.05, 4.69) is 4.74 Å². The van der Waals surface area contributed by atoms with Crippen molar-refractivity contribution >= 4 is 29.4 Å². The van der Waals surface area contributed by atoms with Crippen LogP contribution in [0.4, 0.5) is 0 Å². The number of hydrogen-bond acceptors (Lipinski definition) is 9. The lowest BCUT2D eigenvalue weighted by Crippen LogP contribution is -2.52. The number of phenols is 4. The normalized spacial score (nSPS) is 16.4. The van der Waals surface area contributed by atoms with Crippen LogP contribution in [0.15, 0.2) is 54.6 Å². The molecule has 1 heterocycles. The molecule has 1 aliphatic heterocycles. The lowest BCUT2D eigenvalue weighted by atomic mass is 9.84. The minimum atomic E-state index is -1.25. The number of fused-ring (bicyclic) bond motifs is 1. The lowest BCUT2D eigenvalue weighted by Gasteiger charge is -2.42. The predicted octanol–water partition coefficient (Wildman–Crippen LogP) is 3.23. The molecule has 2 atom stereocenters. The number of esters is 2. The van der Waals surface area contributed by atoms with Crippen molar-refractivity contribution in [2.24, 2.45) is 0 Å². The lowest BCUT2D eigenvalue weighted by molar-refractivity contribution is -0.160. The van der Waals surface area contributed by atoms with Crippen LogP contribution in [0.1, 0.15) is 33.1 Å². The van der Waals surface area contributed by atoms with Gasteiger partial charge < -0.3 is 34.8 Å². The van der Waals surface area contributed by atoms with E-state index in [1.54, 1.807) is 12.1 Å². The number of benzene rings is 3. The summed E-state index contributed by atoms with van der Waals surface area (Å²) < 4.78 is 9.69. The van der Waals surface area contributed by atoms with Gasteiger partial charge >= 0.3 is 11.9 Å². The summed E-state index contributed by atoms with van der Waals surface area (Å²) in [5, 5.41) is 40.4. The Balaban J connectivity index is 1.86. The van der Waals surface area contributed by atoms with Crippen LogP contribution in [0.3, 0.4) is 0 Å². The van der Waals surface area contributed by atoms with E-state index in [4.69, 9.17) is 16.3 Å². The molecule has 0 spiro atoms. The van der Waals surface area contributed by atoms with Crippen molar-refractivity contribution in [3.8, 4) is 23.0 Å². The van der Waals surface area contributed by atoms with E-state index in [0.717, 1.165) is 7.11 Å². The molecule has 10 nitrogen and oxygen atoms in total. The van der Waals surface area contributed by atoms with Gasteiger partial charge in [0.1, 0.15) is 6.04 Å². The van der Waals surface area contributed by atoms with Crippen molar-refractivity contribution in [1.82, 2.24) is 4.90 Å². The summed E-state index contributed by atoms with van der Waals surface area (Å²) in [4.78, 5) is 40.1. The molecular weight excluding hydrogens is 518 g/mol. The van der Waals surface area contributed by atoms with Gasteiger partial charge in [0.2, 0.25) is 0 Å². The zero-order chi connectivity index (χ0) is 27.6. The van der Waals surface area contributed by atoms with Crippen LogP contribution >= 0.6 is 11.6 Å². The maximum absolute atomic E-state index is 14.0. The van der Waals surface area contributed by atoms with Gasteiger partial charge in [-0.05, 0) is 59.5 Å². The Morgan fingerprint density at radius 3 is 2.32 bits per heavy atom. The van der Waals surface area contributed by atoms with Gasteiger partial charge in [0.15, 0.2) is 29.6 Å². The number of ether oxygens (including phenoxy) is 2. The fourth-order valence-electron chi connectivity index (χ4n) is 4.46. The summed E-state index contributed by atoms with van der Waals surface area (Å²) in [7, 11) is 1.14. The number of nitrogens with zero attached hydrogens (tertiary/aromatic N) is 1. The monoisotopic (exact) mass is 541 g/mol. The Labute approximate surface area is 222 Å². The minimum absolute atomic E-state index is 0.0298. The quantitative estimate of drug-likeness (QED) is 0.272. The van der Waals surface area contributed by atoms with Gasteiger partial charge in [-0.1, -0.05) is 29.8 Å². The Morgan fingerprint density at radius 1 is 0.947 bits per heavy atom. The van der Waals surface area contributed by atoms with Crippen molar-refractivity contribution in [2.75, 3.05) is 13.7 Å².